The van der Waals surface area contributed by atoms with E-state index < -0.39 is 16.1 Å². The second-order valence-electron chi connectivity index (χ2n) is 4.80. The Hall–Kier alpha value is -1.94. The van der Waals surface area contributed by atoms with E-state index in [9.17, 15) is 8.42 Å². The summed E-state index contributed by atoms with van der Waals surface area (Å²) in [5.41, 5.74) is 6.24. The lowest BCUT2D eigenvalue weighted by molar-refractivity contribution is 0.0485. The van der Waals surface area contributed by atoms with Crippen molar-refractivity contribution < 1.29 is 17.9 Å². The van der Waals surface area contributed by atoms with Crippen LogP contribution in [0.3, 0.4) is 0 Å². The van der Waals surface area contributed by atoms with Crippen LogP contribution in [0.15, 0.2) is 5.16 Å². The largest absolute Gasteiger partial charge is 0.479 e. The predicted molar refractivity (Wildman–Crippen MR) is 72.7 cm³/mol. The maximum Gasteiger partial charge on any atom is 0.248 e. The van der Waals surface area contributed by atoms with Gasteiger partial charge in [-0.05, 0) is 12.8 Å². The van der Waals surface area contributed by atoms with E-state index in [1.807, 2.05) is 0 Å². The van der Waals surface area contributed by atoms with Gasteiger partial charge < -0.3 is 15.2 Å². The van der Waals surface area contributed by atoms with Crippen molar-refractivity contribution in [2.24, 2.45) is 0 Å². The molecule has 2 N–H and O–H groups in total. The molecule has 0 aromatic carbocycles. The summed E-state index contributed by atoms with van der Waals surface area (Å²) in [6, 6.07) is 0. The minimum absolute atomic E-state index is 0.0153. The van der Waals surface area contributed by atoms with Crippen LogP contribution in [0.5, 0.6) is 5.88 Å². The van der Waals surface area contributed by atoms with E-state index in [1.165, 1.54) is 11.7 Å². The average molecular weight is 313 g/mol. The van der Waals surface area contributed by atoms with Gasteiger partial charge in [0.05, 0.1) is 7.11 Å². The van der Waals surface area contributed by atoms with Gasteiger partial charge in [0.2, 0.25) is 20.9 Å². The van der Waals surface area contributed by atoms with Crippen LogP contribution in [0.1, 0.15) is 19.1 Å². The van der Waals surface area contributed by atoms with Gasteiger partial charge in [0.15, 0.2) is 5.82 Å². The van der Waals surface area contributed by atoms with Crippen LogP contribution < -0.4 is 10.5 Å². The zero-order valence-corrected chi connectivity index (χ0v) is 12.4. The van der Waals surface area contributed by atoms with Gasteiger partial charge in [0.1, 0.15) is 17.6 Å². The Balaban J connectivity index is 2.34. The Morgan fingerprint density at radius 3 is 2.76 bits per heavy atom. The van der Waals surface area contributed by atoms with Crippen molar-refractivity contribution in [3.05, 3.63) is 0 Å². The molecule has 9 nitrogen and oxygen atoms in total. The Kier molecular flexibility index (Phi) is 3.21. The second kappa shape index (κ2) is 4.81. The van der Waals surface area contributed by atoms with Crippen LogP contribution in [-0.4, -0.2) is 48.1 Å². The number of rotatable bonds is 3. The highest BCUT2D eigenvalue weighted by Crippen LogP contribution is 2.38. The van der Waals surface area contributed by atoms with Crippen molar-refractivity contribution in [3.63, 3.8) is 0 Å². The number of anilines is 1. The van der Waals surface area contributed by atoms with Crippen molar-refractivity contribution >= 4 is 15.7 Å². The topological polar surface area (TPSA) is 122 Å². The zero-order chi connectivity index (χ0) is 15.2. The highest BCUT2D eigenvalue weighted by Gasteiger charge is 2.33. The number of nitrogens with two attached hydrogens (primary N) is 1. The minimum Gasteiger partial charge on any atom is -0.479 e. The third-order valence-corrected chi connectivity index (χ3v) is 4.25. The summed E-state index contributed by atoms with van der Waals surface area (Å²) in [6.07, 6.45) is 2.12. The number of nitrogens with zero attached hydrogens (tertiary/aromatic N) is 4. The molecule has 3 aliphatic heterocycles. The van der Waals surface area contributed by atoms with Crippen LogP contribution in [0.2, 0.25) is 0 Å². The minimum atomic E-state index is -3.60. The van der Waals surface area contributed by atoms with E-state index >= 15 is 0 Å². The third kappa shape index (κ3) is 2.20. The number of sulfone groups is 1. The Bertz CT molecular complexity index is 750. The quantitative estimate of drug-likeness (QED) is 0.790. The van der Waals surface area contributed by atoms with Gasteiger partial charge >= 0.3 is 0 Å². The first-order chi connectivity index (χ1) is 9.93. The molecule has 0 spiro atoms. The summed E-state index contributed by atoms with van der Waals surface area (Å²) in [5, 5.41) is 7.68. The lowest BCUT2D eigenvalue weighted by Crippen LogP contribution is -2.22. The first-order valence-electron chi connectivity index (χ1n) is 6.33. The van der Waals surface area contributed by atoms with Crippen molar-refractivity contribution in [1.82, 2.24) is 19.7 Å². The van der Waals surface area contributed by atoms with Crippen LogP contribution in [-0.2, 0) is 14.6 Å². The SMILES string of the molecule is COc1nnc2n(C3CCCO3)c(S(C)(=O)=O)nc(N)c1-2. The predicted octanol–water partition coefficient (Wildman–Crippen LogP) is 0.0812. The first kappa shape index (κ1) is 14.0. The molecule has 10 heteroatoms. The molecule has 3 aliphatic rings. The maximum absolute atomic E-state index is 12.0. The molecule has 0 saturated carbocycles. The molecule has 0 aromatic heterocycles. The summed E-state index contributed by atoms with van der Waals surface area (Å²) in [7, 11) is -2.16. The molecule has 0 aliphatic carbocycles. The van der Waals surface area contributed by atoms with Gasteiger partial charge in [-0.25, -0.2) is 13.4 Å². The van der Waals surface area contributed by atoms with Gasteiger partial charge in [0, 0.05) is 12.9 Å². The molecule has 3 heterocycles. The van der Waals surface area contributed by atoms with E-state index in [2.05, 4.69) is 15.2 Å². The highest BCUT2D eigenvalue weighted by atomic mass is 32.2. The molecule has 1 fully saturated rings. The molecule has 3 rings (SSSR count). The highest BCUT2D eigenvalue weighted by molar-refractivity contribution is 7.90. The zero-order valence-electron chi connectivity index (χ0n) is 11.6. The molecule has 114 valence electrons. The van der Waals surface area contributed by atoms with Crippen molar-refractivity contribution in [2.75, 3.05) is 25.7 Å². The standard InChI is InChI=1S/C11H15N5O4S/c1-19-10-7-8(12)13-11(21(2,17)18)16(9(7)14-15-10)6-4-3-5-20-6/h6H,3-5,12H2,1-2H3. The number of nitrogen functional groups attached to an aromatic ring is 1. The Labute approximate surface area is 121 Å². The lowest BCUT2D eigenvalue weighted by atomic mass is 10.2. The fourth-order valence-corrected chi connectivity index (χ4v) is 3.24. The van der Waals surface area contributed by atoms with Gasteiger partial charge in [-0.15, -0.1) is 10.2 Å². The smallest absolute Gasteiger partial charge is 0.248 e. The average Bonchev–Trinajstić information content (AvgIpc) is 3.06. The molecule has 0 aromatic rings. The summed E-state index contributed by atoms with van der Waals surface area (Å²) in [6.45, 7) is 0.554. The molecule has 1 saturated heterocycles. The summed E-state index contributed by atoms with van der Waals surface area (Å²) >= 11 is 0. The van der Waals surface area contributed by atoms with Crippen LogP contribution in [0, 0.1) is 0 Å². The van der Waals surface area contributed by atoms with E-state index in [1.54, 1.807) is 0 Å². The van der Waals surface area contributed by atoms with E-state index in [-0.39, 0.29) is 16.9 Å². The summed E-state index contributed by atoms with van der Waals surface area (Å²) in [5.74, 6) is 0.523. The third-order valence-electron chi connectivity index (χ3n) is 3.30. The molecule has 0 radical (unpaired) electrons. The molecule has 0 amide bonds. The van der Waals surface area contributed by atoms with Crippen LogP contribution in [0.25, 0.3) is 11.4 Å². The molecular weight excluding hydrogens is 298 g/mol. The maximum atomic E-state index is 12.0. The van der Waals surface area contributed by atoms with Crippen molar-refractivity contribution in [1.29, 1.82) is 0 Å². The second-order valence-corrected chi connectivity index (χ2v) is 6.71. The van der Waals surface area contributed by atoms with Gasteiger partial charge in [-0.2, -0.15) is 0 Å². The number of aromatic nitrogens is 4. The normalized spacial score (nSPS) is 19.2. The van der Waals surface area contributed by atoms with E-state index in [4.69, 9.17) is 15.2 Å². The van der Waals surface area contributed by atoms with Crippen molar-refractivity contribution in [2.45, 2.75) is 24.2 Å². The Morgan fingerprint density at radius 1 is 1.43 bits per heavy atom. The number of hydrogen-bond donors (Lipinski definition) is 1. The molecule has 21 heavy (non-hydrogen) atoms. The monoisotopic (exact) mass is 313 g/mol. The van der Waals surface area contributed by atoms with Gasteiger partial charge in [0.25, 0.3) is 0 Å². The fraction of sp³-hybridized carbons (Fsp3) is 0.545. The van der Waals surface area contributed by atoms with Gasteiger partial charge in [-0.1, -0.05) is 0 Å². The number of fused-ring (bicyclic) bond motifs is 1. The number of methoxy groups -OCH3 is 1. The van der Waals surface area contributed by atoms with Crippen LogP contribution >= 0.6 is 0 Å². The van der Waals surface area contributed by atoms with Crippen LogP contribution in [0.4, 0.5) is 5.82 Å². The molecule has 1 atom stereocenters. The Morgan fingerprint density at radius 2 is 2.19 bits per heavy atom. The van der Waals surface area contributed by atoms with Gasteiger partial charge in [-0.3, -0.25) is 4.57 Å². The summed E-state index contributed by atoms with van der Waals surface area (Å²) in [4.78, 5) is 4.01. The molecule has 1 unspecified atom stereocenters. The first-order valence-corrected chi connectivity index (χ1v) is 8.22. The van der Waals surface area contributed by atoms with E-state index in [0.29, 0.717) is 24.4 Å². The van der Waals surface area contributed by atoms with E-state index in [0.717, 1.165) is 12.7 Å². The molecule has 0 bridgehead atoms. The number of hydrogen-bond acceptors (Lipinski definition) is 8. The summed E-state index contributed by atoms with van der Waals surface area (Å²) < 4.78 is 36.1. The lowest BCUT2D eigenvalue weighted by Gasteiger charge is -2.21. The molecular formula is C11H15N5O4S. The number of ether oxygens (including phenoxy) is 2. The van der Waals surface area contributed by atoms with Crippen molar-refractivity contribution in [3.8, 4) is 17.3 Å². The fourth-order valence-electron chi connectivity index (χ4n) is 2.41.